The Hall–Kier alpha value is -1.48. The topological polar surface area (TPSA) is 27.7 Å². The maximum atomic E-state index is 5.57. The van der Waals surface area contributed by atoms with Gasteiger partial charge in [-0.15, -0.1) is 0 Å². The number of rotatable bonds is 3. The fourth-order valence-corrected chi connectivity index (χ4v) is 1.91. The molecule has 0 unspecified atom stereocenters. The molecule has 1 aliphatic rings. The summed E-state index contributed by atoms with van der Waals surface area (Å²) in [6, 6.07) is 4.07. The van der Waals surface area contributed by atoms with Gasteiger partial charge in [0.2, 0.25) is 0 Å². The van der Waals surface area contributed by atoms with Crippen molar-refractivity contribution in [2.75, 3.05) is 20.3 Å². The average molecular weight is 234 g/mol. The van der Waals surface area contributed by atoms with Crippen LogP contribution < -0.4 is 9.47 Å². The summed E-state index contributed by atoms with van der Waals surface area (Å²) < 4.78 is 16.4. The van der Waals surface area contributed by atoms with Crippen molar-refractivity contribution in [2.24, 2.45) is 0 Å². The lowest BCUT2D eigenvalue weighted by atomic mass is 10.0. The van der Waals surface area contributed by atoms with Crippen LogP contribution in [0.2, 0.25) is 0 Å². The van der Waals surface area contributed by atoms with Gasteiger partial charge in [-0.1, -0.05) is 12.2 Å². The van der Waals surface area contributed by atoms with Crippen LogP contribution in [0.25, 0.3) is 0 Å². The lowest BCUT2D eigenvalue weighted by Crippen LogP contribution is -2.04. The Kier molecular flexibility index (Phi) is 4.04. The molecule has 0 N–H and O–H groups in total. The molecule has 0 spiro atoms. The van der Waals surface area contributed by atoms with Crippen LogP contribution in [0, 0.1) is 0 Å². The Labute approximate surface area is 102 Å². The number of ether oxygens (including phenoxy) is 3. The standard InChI is InChI=1S/C14H18O3/c1-3-17-14-9-12-10-16-7-5-4-6-11(12)8-13(14)15-2/h4-5,8-9H,3,6-7,10H2,1-2H3/b5-4-. The number of hydrogen-bond acceptors (Lipinski definition) is 3. The Balaban J connectivity index is 2.37. The third-order valence-corrected chi connectivity index (χ3v) is 2.76. The fraction of sp³-hybridized carbons (Fsp3) is 0.429. The molecule has 1 aromatic carbocycles. The first-order valence-electron chi connectivity index (χ1n) is 5.90. The van der Waals surface area contributed by atoms with Gasteiger partial charge in [-0.3, -0.25) is 0 Å². The lowest BCUT2D eigenvalue weighted by molar-refractivity contribution is 0.146. The molecule has 92 valence electrons. The second-order valence-corrected chi connectivity index (χ2v) is 3.90. The first kappa shape index (κ1) is 12.0. The van der Waals surface area contributed by atoms with Crippen molar-refractivity contribution < 1.29 is 14.2 Å². The van der Waals surface area contributed by atoms with Crippen molar-refractivity contribution in [1.29, 1.82) is 0 Å². The third-order valence-electron chi connectivity index (χ3n) is 2.76. The third kappa shape index (κ3) is 2.80. The van der Waals surface area contributed by atoms with E-state index in [9.17, 15) is 0 Å². The van der Waals surface area contributed by atoms with E-state index in [4.69, 9.17) is 14.2 Å². The minimum Gasteiger partial charge on any atom is -0.493 e. The van der Waals surface area contributed by atoms with Gasteiger partial charge in [0.25, 0.3) is 0 Å². The van der Waals surface area contributed by atoms with Crippen molar-refractivity contribution in [1.82, 2.24) is 0 Å². The van der Waals surface area contributed by atoms with Crippen molar-refractivity contribution >= 4 is 0 Å². The molecule has 1 heterocycles. The number of allylic oxidation sites excluding steroid dienone is 1. The van der Waals surface area contributed by atoms with Crippen LogP contribution in [0.4, 0.5) is 0 Å². The number of methoxy groups -OCH3 is 1. The molecule has 0 radical (unpaired) electrons. The summed E-state index contributed by atoms with van der Waals surface area (Å²) in [5.74, 6) is 1.58. The highest BCUT2D eigenvalue weighted by atomic mass is 16.5. The van der Waals surface area contributed by atoms with Crippen LogP contribution in [0.3, 0.4) is 0 Å². The monoisotopic (exact) mass is 234 g/mol. The number of hydrogen-bond donors (Lipinski definition) is 0. The molecule has 2 rings (SSSR count). The molecular weight excluding hydrogens is 216 g/mol. The molecule has 0 atom stereocenters. The van der Waals surface area contributed by atoms with Gasteiger partial charge in [-0.05, 0) is 36.6 Å². The summed E-state index contributed by atoms with van der Waals surface area (Å²) in [7, 11) is 1.67. The van der Waals surface area contributed by atoms with Gasteiger partial charge in [0.15, 0.2) is 11.5 Å². The van der Waals surface area contributed by atoms with Gasteiger partial charge < -0.3 is 14.2 Å². The molecule has 0 aromatic heterocycles. The van der Waals surface area contributed by atoms with E-state index in [1.54, 1.807) is 7.11 Å². The predicted octanol–water partition coefficient (Wildman–Crippen LogP) is 2.72. The SMILES string of the molecule is CCOc1cc2c(cc1OC)C/C=C\COC2. The molecule has 0 aliphatic carbocycles. The predicted molar refractivity (Wildman–Crippen MR) is 66.7 cm³/mol. The van der Waals surface area contributed by atoms with Gasteiger partial charge in [0.05, 0.1) is 26.9 Å². The van der Waals surface area contributed by atoms with Crippen LogP contribution in [-0.2, 0) is 17.8 Å². The van der Waals surface area contributed by atoms with E-state index in [0.29, 0.717) is 19.8 Å². The molecule has 0 fully saturated rings. The Morgan fingerprint density at radius 1 is 1.18 bits per heavy atom. The summed E-state index contributed by atoms with van der Waals surface area (Å²) in [6.07, 6.45) is 5.09. The first-order chi connectivity index (χ1) is 8.35. The summed E-state index contributed by atoms with van der Waals surface area (Å²) in [5, 5.41) is 0. The average Bonchev–Trinajstić information content (AvgIpc) is 2.31. The van der Waals surface area contributed by atoms with E-state index >= 15 is 0 Å². The molecule has 0 saturated carbocycles. The summed E-state index contributed by atoms with van der Waals surface area (Å²) in [6.45, 7) is 3.91. The van der Waals surface area contributed by atoms with Crippen molar-refractivity contribution in [2.45, 2.75) is 20.0 Å². The zero-order chi connectivity index (χ0) is 12.1. The van der Waals surface area contributed by atoms with Crippen LogP contribution in [0.5, 0.6) is 11.5 Å². The van der Waals surface area contributed by atoms with Gasteiger partial charge in [-0.2, -0.15) is 0 Å². The molecular formula is C14H18O3. The molecule has 0 bridgehead atoms. The van der Waals surface area contributed by atoms with Gasteiger partial charge >= 0.3 is 0 Å². The fourth-order valence-electron chi connectivity index (χ4n) is 1.91. The summed E-state index contributed by atoms with van der Waals surface area (Å²) in [5.41, 5.74) is 2.42. The minimum absolute atomic E-state index is 0.629. The first-order valence-corrected chi connectivity index (χ1v) is 5.90. The molecule has 3 nitrogen and oxygen atoms in total. The van der Waals surface area contributed by atoms with Crippen molar-refractivity contribution in [3.8, 4) is 11.5 Å². The Morgan fingerprint density at radius 3 is 2.76 bits per heavy atom. The molecule has 0 amide bonds. The van der Waals surface area contributed by atoms with Crippen LogP contribution >= 0.6 is 0 Å². The highest BCUT2D eigenvalue weighted by Gasteiger charge is 2.11. The second kappa shape index (κ2) is 5.73. The number of fused-ring (bicyclic) bond motifs is 1. The Morgan fingerprint density at radius 2 is 2.00 bits per heavy atom. The second-order valence-electron chi connectivity index (χ2n) is 3.90. The maximum absolute atomic E-state index is 5.57. The molecule has 1 aromatic rings. The molecule has 1 aliphatic heterocycles. The van der Waals surface area contributed by atoms with Gasteiger partial charge in [0, 0.05) is 0 Å². The van der Waals surface area contributed by atoms with E-state index < -0.39 is 0 Å². The van der Waals surface area contributed by atoms with Crippen LogP contribution in [0.15, 0.2) is 24.3 Å². The highest BCUT2D eigenvalue weighted by Crippen LogP contribution is 2.32. The van der Waals surface area contributed by atoms with E-state index in [0.717, 1.165) is 17.9 Å². The van der Waals surface area contributed by atoms with Crippen molar-refractivity contribution in [3.05, 3.63) is 35.4 Å². The quantitative estimate of drug-likeness (QED) is 0.753. The van der Waals surface area contributed by atoms with E-state index in [2.05, 4.69) is 6.08 Å². The zero-order valence-electron chi connectivity index (χ0n) is 10.4. The summed E-state index contributed by atoms with van der Waals surface area (Å²) >= 11 is 0. The normalized spacial score (nSPS) is 16.6. The Bertz CT molecular complexity index is 410. The van der Waals surface area contributed by atoms with Crippen molar-refractivity contribution in [3.63, 3.8) is 0 Å². The van der Waals surface area contributed by atoms with Gasteiger partial charge in [0.1, 0.15) is 0 Å². The molecule has 3 heteroatoms. The van der Waals surface area contributed by atoms with E-state index in [1.807, 2.05) is 25.1 Å². The van der Waals surface area contributed by atoms with Crippen LogP contribution in [0.1, 0.15) is 18.1 Å². The van der Waals surface area contributed by atoms with Crippen LogP contribution in [-0.4, -0.2) is 20.3 Å². The zero-order valence-corrected chi connectivity index (χ0v) is 10.4. The molecule has 0 saturated heterocycles. The summed E-state index contributed by atoms with van der Waals surface area (Å²) in [4.78, 5) is 0. The maximum Gasteiger partial charge on any atom is 0.161 e. The van der Waals surface area contributed by atoms with E-state index in [-0.39, 0.29) is 0 Å². The number of benzene rings is 1. The largest absolute Gasteiger partial charge is 0.493 e. The van der Waals surface area contributed by atoms with E-state index in [1.165, 1.54) is 11.1 Å². The van der Waals surface area contributed by atoms with Gasteiger partial charge in [-0.25, -0.2) is 0 Å². The lowest BCUT2D eigenvalue weighted by Gasteiger charge is -2.16. The minimum atomic E-state index is 0.629. The smallest absolute Gasteiger partial charge is 0.161 e. The molecule has 17 heavy (non-hydrogen) atoms. The highest BCUT2D eigenvalue weighted by molar-refractivity contribution is 5.48.